The highest BCUT2D eigenvalue weighted by Crippen LogP contribution is 2.27. The topological polar surface area (TPSA) is 151 Å². The van der Waals surface area contributed by atoms with E-state index in [1.165, 1.54) is 30.2 Å². The fourth-order valence-corrected chi connectivity index (χ4v) is 6.59. The van der Waals surface area contributed by atoms with Crippen molar-refractivity contribution in [1.82, 2.24) is 10.0 Å². The maximum absolute atomic E-state index is 13.4. The number of nitrogens with one attached hydrogen (secondary N) is 3. The van der Waals surface area contributed by atoms with Gasteiger partial charge in [-0.1, -0.05) is 36.4 Å². The summed E-state index contributed by atoms with van der Waals surface area (Å²) in [5, 5.41) is 2.47. The molecule has 39 heavy (non-hydrogen) atoms. The Balaban J connectivity index is 1.47. The number of hydrogen-bond donors (Lipinski definition) is 3. The van der Waals surface area contributed by atoms with Gasteiger partial charge in [0, 0.05) is 19.2 Å². The Labute approximate surface area is 227 Å². The molecule has 0 spiro atoms. The third kappa shape index (κ3) is 7.27. The number of carbonyl (C=O) groups excluding carboxylic acids is 2. The number of fused-ring (bicyclic) bond motifs is 1. The van der Waals surface area contributed by atoms with Crippen molar-refractivity contribution < 1.29 is 31.2 Å². The lowest BCUT2D eigenvalue weighted by Gasteiger charge is -2.25. The molecule has 1 aliphatic heterocycles. The van der Waals surface area contributed by atoms with Crippen molar-refractivity contribution in [3.05, 3.63) is 89.5 Å². The Hall–Kier alpha value is -4.10. The Morgan fingerprint density at radius 2 is 1.64 bits per heavy atom. The number of anilines is 2. The van der Waals surface area contributed by atoms with E-state index in [2.05, 4.69) is 10.0 Å². The van der Waals surface area contributed by atoms with Crippen LogP contribution in [0.4, 0.5) is 16.2 Å². The average molecular weight is 573 g/mol. The molecule has 0 bridgehead atoms. The van der Waals surface area contributed by atoms with Crippen LogP contribution in [0.15, 0.2) is 72.8 Å². The molecule has 0 saturated heterocycles. The Bertz CT molecular complexity index is 1580. The van der Waals surface area contributed by atoms with E-state index in [1.807, 2.05) is 10.8 Å². The normalized spacial score (nSPS) is 14.5. The zero-order valence-corrected chi connectivity index (χ0v) is 22.9. The molecule has 1 aliphatic rings. The Morgan fingerprint density at radius 1 is 0.974 bits per heavy atom. The summed E-state index contributed by atoms with van der Waals surface area (Å²) in [6.45, 7) is 0. The number of ether oxygens (including phenoxy) is 1. The second-order valence-electron chi connectivity index (χ2n) is 9.03. The van der Waals surface area contributed by atoms with Crippen LogP contribution in [0.2, 0.25) is 0 Å². The summed E-state index contributed by atoms with van der Waals surface area (Å²) in [6, 6.07) is 17.9. The first-order valence-corrected chi connectivity index (χ1v) is 15.1. The smallest absolute Gasteiger partial charge is 0.330 e. The molecule has 3 aromatic carbocycles. The van der Waals surface area contributed by atoms with Gasteiger partial charge in [0.1, 0.15) is 11.8 Å². The molecule has 0 radical (unpaired) electrons. The highest BCUT2D eigenvalue weighted by Gasteiger charge is 2.28. The van der Waals surface area contributed by atoms with Crippen molar-refractivity contribution >= 4 is 43.4 Å². The van der Waals surface area contributed by atoms with Gasteiger partial charge in [-0.05, 0) is 53.1 Å². The van der Waals surface area contributed by atoms with Crippen molar-refractivity contribution in [3.8, 4) is 5.75 Å². The summed E-state index contributed by atoms with van der Waals surface area (Å²) in [6.07, 6.45) is 0.111. The molecule has 3 amide bonds. The van der Waals surface area contributed by atoms with Gasteiger partial charge in [-0.15, -0.1) is 0 Å². The Kier molecular flexibility index (Phi) is 8.11. The standard InChI is InChI=1S/C26H28N4O7S2/c1-30(22-10-12-23(37-2)13-11-22)25(31)24(14-18-6-4-3-5-7-18)27-26(32)29-39(35,36)28-21-9-8-19-16-38(33,34)17-20(19)15-21/h3-13,15,24,28H,14,16-17H2,1-2H3,(H2,27,29,32)/t24-/m0/s1. The number of amides is 3. The van der Waals surface area contributed by atoms with Crippen LogP contribution in [0.1, 0.15) is 16.7 Å². The number of hydrogen-bond acceptors (Lipinski definition) is 7. The molecule has 1 heterocycles. The molecule has 0 saturated carbocycles. The third-order valence-corrected chi connectivity index (χ3v) is 8.57. The largest absolute Gasteiger partial charge is 0.497 e. The van der Waals surface area contributed by atoms with Crippen LogP contribution in [0.25, 0.3) is 0 Å². The monoisotopic (exact) mass is 572 g/mol. The lowest BCUT2D eigenvalue weighted by Crippen LogP contribution is -2.53. The van der Waals surface area contributed by atoms with Gasteiger partial charge < -0.3 is 15.0 Å². The van der Waals surface area contributed by atoms with E-state index < -0.39 is 38.0 Å². The van der Waals surface area contributed by atoms with E-state index in [-0.39, 0.29) is 23.6 Å². The van der Waals surface area contributed by atoms with Crippen LogP contribution in [-0.2, 0) is 42.8 Å². The number of sulfone groups is 1. The SMILES string of the molecule is COc1ccc(N(C)C(=O)[C@H](Cc2ccccc2)NC(=O)NS(=O)(=O)Nc2ccc3c(c2)CS(=O)(=O)C3)cc1. The molecule has 0 unspecified atom stereocenters. The van der Waals surface area contributed by atoms with Crippen LogP contribution in [0, 0.1) is 0 Å². The minimum Gasteiger partial charge on any atom is -0.497 e. The van der Waals surface area contributed by atoms with E-state index in [1.54, 1.807) is 55.6 Å². The third-order valence-electron chi connectivity index (χ3n) is 6.11. The van der Waals surface area contributed by atoms with E-state index in [0.29, 0.717) is 22.6 Å². The van der Waals surface area contributed by atoms with Crippen molar-refractivity contribution in [3.63, 3.8) is 0 Å². The van der Waals surface area contributed by atoms with Gasteiger partial charge >= 0.3 is 16.2 Å². The van der Waals surface area contributed by atoms with Gasteiger partial charge in [0.25, 0.3) is 0 Å². The number of urea groups is 1. The molecule has 13 heteroatoms. The molecule has 4 rings (SSSR count). The molecular formula is C26H28N4O7S2. The summed E-state index contributed by atoms with van der Waals surface area (Å²) < 4.78 is 58.2. The quantitative estimate of drug-likeness (QED) is 0.356. The first kappa shape index (κ1) is 27.9. The van der Waals surface area contributed by atoms with Crippen molar-refractivity contribution in [2.75, 3.05) is 23.8 Å². The van der Waals surface area contributed by atoms with E-state index in [9.17, 15) is 26.4 Å². The number of nitrogens with zero attached hydrogens (tertiary/aromatic N) is 1. The van der Waals surface area contributed by atoms with Gasteiger partial charge in [0.2, 0.25) is 5.91 Å². The predicted molar refractivity (Wildman–Crippen MR) is 147 cm³/mol. The minimum atomic E-state index is -4.40. The van der Waals surface area contributed by atoms with Crippen LogP contribution < -0.4 is 24.4 Å². The zero-order valence-electron chi connectivity index (χ0n) is 21.2. The molecule has 0 fully saturated rings. The summed E-state index contributed by atoms with van der Waals surface area (Å²) in [7, 11) is -4.59. The number of carbonyl (C=O) groups is 2. The van der Waals surface area contributed by atoms with Gasteiger partial charge in [-0.3, -0.25) is 9.52 Å². The first-order chi connectivity index (χ1) is 18.4. The molecule has 1 atom stereocenters. The van der Waals surface area contributed by atoms with Crippen LogP contribution >= 0.6 is 0 Å². The van der Waals surface area contributed by atoms with Crippen molar-refractivity contribution in [1.29, 1.82) is 0 Å². The highest BCUT2D eigenvalue weighted by molar-refractivity contribution is 7.91. The van der Waals surface area contributed by atoms with Crippen molar-refractivity contribution in [2.24, 2.45) is 0 Å². The summed E-state index contributed by atoms with van der Waals surface area (Å²) in [5.41, 5.74) is 2.51. The first-order valence-electron chi connectivity index (χ1n) is 11.8. The number of likely N-dealkylation sites (N-methyl/N-ethyl adjacent to an activating group) is 1. The highest BCUT2D eigenvalue weighted by atomic mass is 32.2. The molecule has 0 aliphatic carbocycles. The molecule has 3 N–H and O–H groups in total. The van der Waals surface area contributed by atoms with E-state index >= 15 is 0 Å². The number of benzene rings is 3. The summed E-state index contributed by atoms with van der Waals surface area (Å²) in [4.78, 5) is 27.5. The maximum Gasteiger partial charge on any atom is 0.330 e. The molecular weight excluding hydrogens is 544 g/mol. The van der Waals surface area contributed by atoms with Gasteiger partial charge in [-0.25, -0.2) is 17.9 Å². The predicted octanol–water partition coefficient (Wildman–Crippen LogP) is 2.35. The Morgan fingerprint density at radius 3 is 2.31 bits per heavy atom. The lowest BCUT2D eigenvalue weighted by atomic mass is 10.0. The number of rotatable bonds is 9. The van der Waals surface area contributed by atoms with Crippen LogP contribution in [0.3, 0.4) is 0 Å². The van der Waals surface area contributed by atoms with Crippen LogP contribution in [-0.4, -0.2) is 49.0 Å². The van der Waals surface area contributed by atoms with Crippen LogP contribution in [0.5, 0.6) is 5.75 Å². The lowest BCUT2D eigenvalue weighted by molar-refractivity contribution is -0.120. The molecule has 3 aromatic rings. The van der Waals surface area contributed by atoms with Crippen molar-refractivity contribution in [2.45, 2.75) is 24.0 Å². The zero-order chi connectivity index (χ0) is 28.2. The minimum absolute atomic E-state index is 0.0994. The fraction of sp³-hybridized carbons (Fsp3) is 0.231. The second kappa shape index (κ2) is 11.3. The number of methoxy groups -OCH3 is 1. The average Bonchev–Trinajstić information content (AvgIpc) is 3.20. The molecule has 0 aromatic heterocycles. The van der Waals surface area contributed by atoms with E-state index in [0.717, 1.165) is 5.56 Å². The van der Waals surface area contributed by atoms with Gasteiger partial charge in [-0.2, -0.15) is 8.42 Å². The maximum atomic E-state index is 13.4. The van der Waals surface area contributed by atoms with Gasteiger partial charge in [0.05, 0.1) is 24.3 Å². The summed E-state index contributed by atoms with van der Waals surface area (Å²) >= 11 is 0. The van der Waals surface area contributed by atoms with E-state index in [4.69, 9.17) is 4.74 Å². The fourth-order valence-electron chi connectivity index (χ4n) is 4.20. The second-order valence-corrected chi connectivity index (χ2v) is 12.5. The molecule has 11 nitrogen and oxygen atoms in total. The molecule has 206 valence electrons. The van der Waals surface area contributed by atoms with Gasteiger partial charge in [0.15, 0.2) is 9.84 Å². The summed E-state index contributed by atoms with van der Waals surface area (Å²) in [5.74, 6) is -0.140.